The topological polar surface area (TPSA) is 44.9 Å². The minimum Gasteiger partial charge on any atom is -0.325 e. The Morgan fingerprint density at radius 3 is 2.67 bits per heavy atom. The molecule has 0 aliphatic carbocycles. The van der Waals surface area contributed by atoms with Gasteiger partial charge in [0.1, 0.15) is 5.82 Å². The maximum absolute atomic E-state index is 9.15. The van der Waals surface area contributed by atoms with Crippen LogP contribution in [0.4, 0.5) is 0 Å². The monoisotopic (exact) mass is 284 g/mol. The number of fused-ring (bicyclic) bond motifs is 1. The van der Waals surface area contributed by atoms with Crippen LogP contribution in [0, 0.1) is 24.2 Å². The molecule has 0 spiro atoms. The van der Waals surface area contributed by atoms with Gasteiger partial charge in [-0.05, 0) is 52.1 Å². The molecule has 1 aromatic carbocycles. The van der Waals surface area contributed by atoms with Crippen molar-refractivity contribution >= 4 is 11.0 Å². The standard InChI is InChI=1S/C17H24N4/c1-6-15(20(4)5)17-19-14-9-12(2)7-8-16(14)21(17)11-13(3)10-18/h7-9,13,15H,6,11H2,1-5H3. The van der Waals surface area contributed by atoms with Gasteiger partial charge in [0, 0.05) is 6.54 Å². The van der Waals surface area contributed by atoms with E-state index in [1.165, 1.54) is 5.56 Å². The van der Waals surface area contributed by atoms with Gasteiger partial charge in [-0.2, -0.15) is 5.26 Å². The van der Waals surface area contributed by atoms with Gasteiger partial charge in [0.15, 0.2) is 0 Å². The molecule has 2 atom stereocenters. The van der Waals surface area contributed by atoms with Gasteiger partial charge in [0.25, 0.3) is 0 Å². The van der Waals surface area contributed by atoms with Gasteiger partial charge in [0.05, 0.1) is 29.1 Å². The smallest absolute Gasteiger partial charge is 0.127 e. The van der Waals surface area contributed by atoms with Crippen LogP contribution in [0.25, 0.3) is 11.0 Å². The fourth-order valence-electron chi connectivity index (χ4n) is 2.80. The third-order valence-corrected chi connectivity index (χ3v) is 3.92. The van der Waals surface area contributed by atoms with Crippen molar-refractivity contribution in [2.24, 2.45) is 5.92 Å². The van der Waals surface area contributed by atoms with Crippen molar-refractivity contribution in [3.8, 4) is 6.07 Å². The number of hydrogen-bond acceptors (Lipinski definition) is 3. The number of hydrogen-bond donors (Lipinski definition) is 0. The fourth-order valence-corrected chi connectivity index (χ4v) is 2.80. The van der Waals surface area contributed by atoms with E-state index in [0.29, 0.717) is 6.54 Å². The van der Waals surface area contributed by atoms with E-state index in [1.807, 2.05) is 6.92 Å². The molecule has 112 valence electrons. The van der Waals surface area contributed by atoms with E-state index in [-0.39, 0.29) is 12.0 Å². The second-order valence-corrected chi connectivity index (χ2v) is 5.99. The third-order valence-electron chi connectivity index (χ3n) is 3.92. The SMILES string of the molecule is CCC(c1nc2cc(C)ccc2n1CC(C)C#N)N(C)C. The van der Waals surface area contributed by atoms with Gasteiger partial charge < -0.3 is 4.57 Å². The average molecular weight is 284 g/mol. The first-order valence-corrected chi connectivity index (χ1v) is 7.50. The quantitative estimate of drug-likeness (QED) is 0.844. The molecule has 0 saturated carbocycles. The van der Waals surface area contributed by atoms with Gasteiger partial charge in [-0.15, -0.1) is 0 Å². The molecule has 2 aromatic rings. The summed E-state index contributed by atoms with van der Waals surface area (Å²) in [4.78, 5) is 7.06. The first-order valence-electron chi connectivity index (χ1n) is 7.50. The van der Waals surface area contributed by atoms with Crippen molar-refractivity contribution in [1.82, 2.24) is 14.5 Å². The first-order chi connectivity index (χ1) is 9.97. The van der Waals surface area contributed by atoms with Crippen LogP contribution >= 0.6 is 0 Å². The van der Waals surface area contributed by atoms with E-state index in [9.17, 15) is 0 Å². The highest BCUT2D eigenvalue weighted by Gasteiger charge is 2.21. The minimum absolute atomic E-state index is 0.0258. The van der Waals surface area contributed by atoms with Crippen LogP contribution in [0.5, 0.6) is 0 Å². The zero-order valence-electron chi connectivity index (χ0n) is 13.6. The van der Waals surface area contributed by atoms with Crippen LogP contribution in [-0.2, 0) is 6.54 Å². The molecular formula is C17H24N4. The Kier molecular flexibility index (Phi) is 4.64. The van der Waals surface area contributed by atoms with Crippen LogP contribution < -0.4 is 0 Å². The largest absolute Gasteiger partial charge is 0.325 e. The number of aromatic nitrogens is 2. The van der Waals surface area contributed by atoms with Gasteiger partial charge in [-0.25, -0.2) is 4.98 Å². The van der Waals surface area contributed by atoms with Crippen LogP contribution in [0.1, 0.15) is 37.7 Å². The summed E-state index contributed by atoms with van der Waals surface area (Å²) in [5, 5.41) is 9.15. The van der Waals surface area contributed by atoms with Crippen molar-refractivity contribution < 1.29 is 0 Å². The van der Waals surface area contributed by atoms with E-state index in [0.717, 1.165) is 23.3 Å². The number of nitriles is 1. The van der Waals surface area contributed by atoms with E-state index in [1.54, 1.807) is 0 Å². The van der Waals surface area contributed by atoms with Crippen molar-refractivity contribution in [3.05, 3.63) is 29.6 Å². The summed E-state index contributed by atoms with van der Waals surface area (Å²) in [6.45, 7) is 6.91. The Labute approximate surface area is 127 Å². The molecule has 2 unspecified atom stereocenters. The van der Waals surface area contributed by atoms with Crippen molar-refractivity contribution in [3.63, 3.8) is 0 Å². The number of imidazole rings is 1. The molecule has 21 heavy (non-hydrogen) atoms. The Bertz CT molecular complexity index is 663. The molecule has 4 heteroatoms. The lowest BCUT2D eigenvalue weighted by Crippen LogP contribution is -2.24. The van der Waals surface area contributed by atoms with E-state index >= 15 is 0 Å². The summed E-state index contributed by atoms with van der Waals surface area (Å²) < 4.78 is 2.22. The number of benzene rings is 1. The molecule has 0 saturated heterocycles. The highest BCUT2D eigenvalue weighted by molar-refractivity contribution is 5.77. The Morgan fingerprint density at radius 2 is 2.10 bits per heavy atom. The summed E-state index contributed by atoms with van der Waals surface area (Å²) in [7, 11) is 4.16. The lowest BCUT2D eigenvalue weighted by atomic mass is 10.1. The van der Waals surface area contributed by atoms with Crippen molar-refractivity contribution in [1.29, 1.82) is 5.26 Å². The molecule has 0 radical (unpaired) electrons. The van der Waals surface area contributed by atoms with Gasteiger partial charge in [-0.1, -0.05) is 13.0 Å². The average Bonchev–Trinajstić information content (AvgIpc) is 2.76. The number of nitrogens with zero attached hydrogens (tertiary/aromatic N) is 4. The summed E-state index contributed by atoms with van der Waals surface area (Å²) in [6, 6.07) is 8.95. The molecular weight excluding hydrogens is 260 g/mol. The third kappa shape index (κ3) is 3.08. The van der Waals surface area contributed by atoms with Crippen LogP contribution in [0.15, 0.2) is 18.2 Å². The second-order valence-electron chi connectivity index (χ2n) is 5.99. The Hall–Kier alpha value is -1.86. The Balaban J connectivity index is 2.61. The normalized spacial score (nSPS) is 14.3. The Morgan fingerprint density at radius 1 is 1.38 bits per heavy atom. The predicted octanol–water partition coefficient (Wildman–Crippen LogP) is 3.52. The fraction of sp³-hybridized carbons (Fsp3) is 0.529. The first kappa shape index (κ1) is 15.5. The minimum atomic E-state index is -0.0258. The molecule has 4 nitrogen and oxygen atoms in total. The van der Waals surface area contributed by atoms with Gasteiger partial charge in [-0.3, -0.25) is 4.90 Å². The molecule has 0 fully saturated rings. The van der Waals surface area contributed by atoms with Crippen LogP contribution in [-0.4, -0.2) is 28.5 Å². The van der Waals surface area contributed by atoms with E-state index < -0.39 is 0 Å². The molecule has 2 rings (SSSR count). The lowest BCUT2D eigenvalue weighted by Gasteiger charge is -2.23. The maximum Gasteiger partial charge on any atom is 0.127 e. The molecule has 0 aliphatic rings. The summed E-state index contributed by atoms with van der Waals surface area (Å²) >= 11 is 0. The van der Waals surface area contributed by atoms with E-state index in [2.05, 4.69) is 61.7 Å². The molecule has 0 aliphatic heterocycles. The molecule has 1 aromatic heterocycles. The molecule has 0 bridgehead atoms. The second kappa shape index (κ2) is 6.28. The molecule has 0 amide bonds. The maximum atomic E-state index is 9.15. The summed E-state index contributed by atoms with van der Waals surface area (Å²) in [5.41, 5.74) is 3.36. The van der Waals surface area contributed by atoms with E-state index in [4.69, 9.17) is 10.2 Å². The number of aryl methyl sites for hydroxylation is 1. The number of rotatable bonds is 5. The summed E-state index contributed by atoms with van der Waals surface area (Å²) in [6.07, 6.45) is 0.996. The predicted molar refractivity (Wildman–Crippen MR) is 86.0 cm³/mol. The zero-order chi connectivity index (χ0) is 15.6. The summed E-state index contributed by atoms with van der Waals surface area (Å²) in [5.74, 6) is 1.03. The van der Waals surface area contributed by atoms with Crippen molar-refractivity contribution in [2.75, 3.05) is 14.1 Å². The highest BCUT2D eigenvalue weighted by atomic mass is 15.2. The zero-order valence-corrected chi connectivity index (χ0v) is 13.6. The van der Waals surface area contributed by atoms with Crippen LogP contribution in [0.2, 0.25) is 0 Å². The van der Waals surface area contributed by atoms with Gasteiger partial charge >= 0.3 is 0 Å². The van der Waals surface area contributed by atoms with Gasteiger partial charge in [0.2, 0.25) is 0 Å². The lowest BCUT2D eigenvalue weighted by molar-refractivity contribution is 0.272. The molecule has 1 heterocycles. The van der Waals surface area contributed by atoms with Crippen molar-refractivity contribution in [2.45, 2.75) is 39.8 Å². The van der Waals surface area contributed by atoms with Crippen LogP contribution in [0.3, 0.4) is 0 Å². The highest BCUT2D eigenvalue weighted by Crippen LogP contribution is 2.27. The molecule has 0 N–H and O–H groups in total.